The van der Waals surface area contributed by atoms with Gasteiger partial charge >= 0.3 is 5.97 Å². The van der Waals surface area contributed by atoms with E-state index in [9.17, 15) is 14.7 Å². The van der Waals surface area contributed by atoms with E-state index in [4.69, 9.17) is 16.3 Å². The number of phenolic OH excluding ortho intramolecular Hbond substituents is 1. The van der Waals surface area contributed by atoms with Crippen LogP contribution in [0.3, 0.4) is 0 Å². The molecule has 1 aliphatic heterocycles. The molecule has 1 aromatic heterocycles. The number of esters is 1. The number of phenols is 1. The summed E-state index contributed by atoms with van der Waals surface area (Å²) in [5.74, 6) is -0.504. The lowest BCUT2D eigenvalue weighted by Crippen LogP contribution is -2.40. The predicted octanol–water partition coefficient (Wildman–Crippen LogP) is 3.16. The summed E-state index contributed by atoms with van der Waals surface area (Å²) >= 11 is 7.25. The molecule has 4 rings (SSSR count). The number of aromatic nitrogens is 1. The predicted molar refractivity (Wildman–Crippen MR) is 120 cm³/mol. The monoisotopic (exact) mass is 454 g/mol. The first-order valence-corrected chi connectivity index (χ1v) is 10.8. The third kappa shape index (κ3) is 3.82. The number of hydrogen-bond acceptors (Lipinski definition) is 6. The molecule has 0 saturated heterocycles. The van der Waals surface area contributed by atoms with Gasteiger partial charge in [0.25, 0.3) is 5.56 Å². The summed E-state index contributed by atoms with van der Waals surface area (Å²) < 4.78 is 6.92. The summed E-state index contributed by atoms with van der Waals surface area (Å²) in [4.78, 5) is 31.2. The van der Waals surface area contributed by atoms with E-state index in [1.165, 1.54) is 29.1 Å². The fraction of sp³-hybridized carbons (Fsp3) is 0.174. The average Bonchev–Trinajstić information content (AvgIpc) is 3.09. The number of benzene rings is 2. The molecule has 1 N–H and O–H groups in total. The molecule has 0 spiro atoms. The van der Waals surface area contributed by atoms with E-state index in [1.807, 2.05) is 37.3 Å². The van der Waals surface area contributed by atoms with E-state index in [2.05, 4.69) is 4.99 Å². The minimum atomic E-state index is -0.657. The summed E-state index contributed by atoms with van der Waals surface area (Å²) in [6.45, 7) is 1.91. The van der Waals surface area contributed by atoms with E-state index in [0.717, 1.165) is 5.56 Å². The molecule has 0 bridgehead atoms. The molecule has 0 fully saturated rings. The first-order chi connectivity index (χ1) is 14.9. The van der Waals surface area contributed by atoms with Crippen LogP contribution in [-0.2, 0) is 9.53 Å². The van der Waals surface area contributed by atoms with Crippen LogP contribution in [0.5, 0.6) is 5.75 Å². The molecule has 0 aliphatic carbocycles. The van der Waals surface area contributed by atoms with Crippen molar-refractivity contribution in [2.24, 2.45) is 4.99 Å². The lowest BCUT2D eigenvalue weighted by atomic mass is 9.95. The zero-order valence-corrected chi connectivity index (χ0v) is 18.4. The standard InChI is InChI=1S/C23H19ClN2O4S/c1-3-16-19(22(29)30-2)20(13-7-5-4-6-8-13)26-21(28)18(31-23(26)25-16)12-14-11-15(24)9-10-17(14)27/h4-12,20,27H,3H2,1-2H3/b18-12-/t20-/m1/s1. The molecule has 0 amide bonds. The van der Waals surface area contributed by atoms with Gasteiger partial charge in [0, 0.05) is 10.6 Å². The van der Waals surface area contributed by atoms with Gasteiger partial charge in [0.05, 0.1) is 29.0 Å². The number of carbonyl (C=O) groups excluding carboxylic acids is 1. The van der Waals surface area contributed by atoms with Crippen LogP contribution in [0, 0.1) is 0 Å². The number of thiazole rings is 1. The van der Waals surface area contributed by atoms with Crippen LogP contribution in [0.2, 0.25) is 5.02 Å². The number of halogens is 1. The molecular weight excluding hydrogens is 436 g/mol. The van der Waals surface area contributed by atoms with E-state index >= 15 is 0 Å². The van der Waals surface area contributed by atoms with Gasteiger partial charge < -0.3 is 9.84 Å². The van der Waals surface area contributed by atoms with Crippen LogP contribution in [0.1, 0.15) is 30.5 Å². The Morgan fingerprint density at radius 3 is 2.71 bits per heavy atom. The highest BCUT2D eigenvalue weighted by Crippen LogP contribution is 2.31. The molecule has 31 heavy (non-hydrogen) atoms. The first kappa shape index (κ1) is 21.1. The van der Waals surface area contributed by atoms with Gasteiger partial charge in [0.1, 0.15) is 5.75 Å². The van der Waals surface area contributed by atoms with Crippen molar-refractivity contribution in [3.63, 3.8) is 0 Å². The summed E-state index contributed by atoms with van der Waals surface area (Å²) in [6.07, 6.45) is 2.09. The Morgan fingerprint density at radius 2 is 2.03 bits per heavy atom. The molecule has 2 heterocycles. The van der Waals surface area contributed by atoms with Crippen molar-refractivity contribution in [2.45, 2.75) is 19.4 Å². The third-order valence-corrected chi connectivity index (χ3v) is 6.26. The summed E-state index contributed by atoms with van der Waals surface area (Å²) in [7, 11) is 1.32. The fourth-order valence-corrected chi connectivity index (χ4v) is 4.79. The lowest BCUT2D eigenvalue weighted by molar-refractivity contribution is -0.136. The number of fused-ring (bicyclic) bond motifs is 1. The zero-order chi connectivity index (χ0) is 22.1. The third-order valence-electron chi connectivity index (χ3n) is 5.04. The second-order valence-corrected chi connectivity index (χ2v) is 8.35. The van der Waals surface area contributed by atoms with Crippen LogP contribution < -0.4 is 14.9 Å². The maximum atomic E-state index is 13.4. The summed E-state index contributed by atoms with van der Waals surface area (Å²) in [5.41, 5.74) is 1.83. The SMILES string of the molecule is CCC1=C(C(=O)OC)[C@@H](c2ccccc2)n2c(s/c(=C\c3cc(Cl)ccc3O)c2=O)=N1. The maximum Gasteiger partial charge on any atom is 0.338 e. The minimum Gasteiger partial charge on any atom is -0.507 e. The average molecular weight is 455 g/mol. The fourth-order valence-electron chi connectivity index (χ4n) is 3.60. The molecule has 0 saturated carbocycles. The largest absolute Gasteiger partial charge is 0.507 e. The molecule has 0 radical (unpaired) electrons. The van der Waals surface area contributed by atoms with E-state index < -0.39 is 12.0 Å². The van der Waals surface area contributed by atoms with Crippen molar-refractivity contribution in [2.75, 3.05) is 7.11 Å². The summed E-state index contributed by atoms with van der Waals surface area (Å²) in [5, 5.41) is 10.6. The Morgan fingerprint density at radius 1 is 1.29 bits per heavy atom. The van der Waals surface area contributed by atoms with Crippen molar-refractivity contribution >= 4 is 35.0 Å². The molecule has 2 aromatic carbocycles. The Bertz CT molecular complexity index is 1370. The van der Waals surface area contributed by atoms with Gasteiger partial charge in [-0.15, -0.1) is 0 Å². The highest BCUT2D eigenvalue weighted by molar-refractivity contribution is 7.07. The van der Waals surface area contributed by atoms with Gasteiger partial charge in [-0.25, -0.2) is 9.79 Å². The molecule has 0 unspecified atom stereocenters. The highest BCUT2D eigenvalue weighted by Gasteiger charge is 2.33. The lowest BCUT2D eigenvalue weighted by Gasteiger charge is -2.25. The van der Waals surface area contributed by atoms with Crippen molar-refractivity contribution in [1.82, 2.24) is 4.57 Å². The van der Waals surface area contributed by atoms with Gasteiger partial charge in [-0.2, -0.15) is 0 Å². The molecule has 1 atom stereocenters. The van der Waals surface area contributed by atoms with Crippen molar-refractivity contribution in [3.8, 4) is 5.75 Å². The highest BCUT2D eigenvalue weighted by atomic mass is 35.5. The van der Waals surface area contributed by atoms with Gasteiger partial charge in [0.15, 0.2) is 4.80 Å². The van der Waals surface area contributed by atoms with Gasteiger partial charge in [-0.1, -0.05) is 60.2 Å². The second-order valence-electron chi connectivity index (χ2n) is 6.90. The Balaban J connectivity index is 2.02. The molecular formula is C23H19ClN2O4S. The number of ether oxygens (including phenoxy) is 1. The molecule has 1 aliphatic rings. The number of carbonyl (C=O) groups is 1. The Hall–Kier alpha value is -3.16. The van der Waals surface area contributed by atoms with Crippen molar-refractivity contribution in [3.05, 3.63) is 95.6 Å². The van der Waals surface area contributed by atoms with E-state index in [1.54, 1.807) is 18.2 Å². The zero-order valence-electron chi connectivity index (χ0n) is 16.8. The Labute approximate surface area is 187 Å². The molecule has 158 valence electrons. The smallest absolute Gasteiger partial charge is 0.338 e. The molecule has 6 nitrogen and oxygen atoms in total. The van der Waals surface area contributed by atoms with Crippen LogP contribution in [0.15, 0.2) is 69.6 Å². The molecule has 8 heteroatoms. The maximum absolute atomic E-state index is 13.4. The number of nitrogens with zero attached hydrogens (tertiary/aromatic N) is 2. The minimum absolute atomic E-state index is 0.0133. The van der Waals surface area contributed by atoms with Crippen LogP contribution in [0.25, 0.3) is 6.08 Å². The topological polar surface area (TPSA) is 80.9 Å². The number of hydrogen-bond donors (Lipinski definition) is 1. The molecule has 3 aromatic rings. The van der Waals surface area contributed by atoms with Crippen LogP contribution in [-0.4, -0.2) is 22.8 Å². The van der Waals surface area contributed by atoms with Gasteiger partial charge in [0.2, 0.25) is 0 Å². The summed E-state index contributed by atoms with van der Waals surface area (Å²) in [6, 6.07) is 13.3. The van der Waals surface area contributed by atoms with E-state index in [-0.39, 0.29) is 11.3 Å². The van der Waals surface area contributed by atoms with E-state index in [0.29, 0.717) is 37.6 Å². The number of allylic oxidation sites excluding steroid dienone is 1. The number of rotatable bonds is 4. The van der Waals surface area contributed by atoms with Gasteiger partial charge in [-0.3, -0.25) is 9.36 Å². The van der Waals surface area contributed by atoms with Crippen LogP contribution in [0.4, 0.5) is 0 Å². The normalized spacial score (nSPS) is 16.1. The van der Waals surface area contributed by atoms with Crippen molar-refractivity contribution in [1.29, 1.82) is 0 Å². The van der Waals surface area contributed by atoms with Crippen molar-refractivity contribution < 1.29 is 14.6 Å². The quantitative estimate of drug-likeness (QED) is 0.614. The second kappa shape index (κ2) is 8.53. The van der Waals surface area contributed by atoms with Gasteiger partial charge in [-0.05, 0) is 36.3 Å². The van der Waals surface area contributed by atoms with Crippen LogP contribution >= 0.6 is 22.9 Å². The Kier molecular flexibility index (Phi) is 5.80. The number of aromatic hydroxyl groups is 1. The number of methoxy groups -OCH3 is 1. The first-order valence-electron chi connectivity index (χ1n) is 9.61.